The van der Waals surface area contributed by atoms with E-state index in [2.05, 4.69) is 0 Å². The summed E-state index contributed by atoms with van der Waals surface area (Å²) in [5, 5.41) is 10.4. The van der Waals surface area contributed by atoms with E-state index in [0.29, 0.717) is 13.2 Å². The molecule has 2 rings (SSSR count). The standard InChI is InChI=1S/C15H23NO3/c1-18-13-6-2-3-7-14(13)19-10-8-12-5-4-9-15(12,17)11-16/h2-3,6-7,12,17H,4-5,8-11,16H2,1H3. The molecule has 19 heavy (non-hydrogen) atoms. The fourth-order valence-corrected chi connectivity index (χ4v) is 2.86. The van der Waals surface area contributed by atoms with Crippen LogP contribution in [-0.4, -0.2) is 31.0 Å². The molecule has 0 heterocycles. The molecule has 0 aliphatic heterocycles. The van der Waals surface area contributed by atoms with Crippen LogP contribution in [0.5, 0.6) is 11.5 Å². The Morgan fingerprint density at radius 2 is 2.11 bits per heavy atom. The van der Waals surface area contributed by atoms with Gasteiger partial charge in [-0.2, -0.15) is 0 Å². The molecule has 1 saturated carbocycles. The van der Waals surface area contributed by atoms with Crippen molar-refractivity contribution in [2.75, 3.05) is 20.3 Å². The Hall–Kier alpha value is -1.26. The highest BCUT2D eigenvalue weighted by atomic mass is 16.5. The van der Waals surface area contributed by atoms with Gasteiger partial charge in [-0.25, -0.2) is 0 Å². The fourth-order valence-electron chi connectivity index (χ4n) is 2.86. The Morgan fingerprint density at radius 3 is 2.79 bits per heavy atom. The van der Waals surface area contributed by atoms with Crippen molar-refractivity contribution < 1.29 is 14.6 Å². The van der Waals surface area contributed by atoms with Gasteiger partial charge in [-0.05, 0) is 37.3 Å². The first kappa shape index (κ1) is 14.2. The van der Waals surface area contributed by atoms with Crippen LogP contribution in [0.3, 0.4) is 0 Å². The van der Waals surface area contributed by atoms with Crippen molar-refractivity contribution in [2.45, 2.75) is 31.3 Å². The van der Waals surface area contributed by atoms with Crippen molar-refractivity contribution in [2.24, 2.45) is 11.7 Å². The second kappa shape index (κ2) is 6.26. The third-order valence-corrected chi connectivity index (χ3v) is 4.07. The second-order valence-corrected chi connectivity index (χ2v) is 5.18. The maximum Gasteiger partial charge on any atom is 0.161 e. The number of methoxy groups -OCH3 is 1. The molecule has 0 saturated heterocycles. The van der Waals surface area contributed by atoms with Crippen LogP contribution in [0, 0.1) is 5.92 Å². The molecule has 2 unspecified atom stereocenters. The molecule has 1 aliphatic rings. The largest absolute Gasteiger partial charge is 0.493 e. The molecule has 1 aromatic carbocycles. The van der Waals surface area contributed by atoms with Crippen LogP contribution < -0.4 is 15.2 Å². The highest BCUT2D eigenvalue weighted by Crippen LogP contribution is 2.37. The van der Waals surface area contributed by atoms with Crippen LogP contribution in [0.25, 0.3) is 0 Å². The number of hydrogen-bond donors (Lipinski definition) is 2. The number of benzene rings is 1. The van der Waals surface area contributed by atoms with Gasteiger partial charge in [-0.15, -0.1) is 0 Å². The Kier molecular flexibility index (Phi) is 4.66. The minimum absolute atomic E-state index is 0.243. The molecule has 1 aromatic rings. The van der Waals surface area contributed by atoms with Gasteiger partial charge in [0, 0.05) is 6.54 Å². The summed E-state index contributed by atoms with van der Waals surface area (Å²) < 4.78 is 11.0. The van der Waals surface area contributed by atoms with E-state index >= 15 is 0 Å². The number of aliphatic hydroxyl groups is 1. The van der Waals surface area contributed by atoms with Crippen molar-refractivity contribution in [1.29, 1.82) is 0 Å². The quantitative estimate of drug-likeness (QED) is 0.825. The van der Waals surface area contributed by atoms with E-state index in [1.165, 1.54) is 0 Å². The van der Waals surface area contributed by atoms with E-state index in [-0.39, 0.29) is 5.92 Å². The summed E-state index contributed by atoms with van der Waals surface area (Å²) in [5.41, 5.74) is 4.99. The summed E-state index contributed by atoms with van der Waals surface area (Å²) in [6.45, 7) is 0.916. The van der Waals surface area contributed by atoms with Gasteiger partial charge in [0.05, 0.1) is 19.3 Å². The Morgan fingerprint density at radius 1 is 1.37 bits per heavy atom. The average molecular weight is 265 g/mol. The number of para-hydroxylation sites is 2. The first-order valence-corrected chi connectivity index (χ1v) is 6.88. The molecule has 0 amide bonds. The highest BCUT2D eigenvalue weighted by Gasteiger charge is 2.39. The van der Waals surface area contributed by atoms with E-state index in [9.17, 15) is 5.11 Å². The lowest BCUT2D eigenvalue weighted by atomic mass is 9.88. The monoisotopic (exact) mass is 265 g/mol. The van der Waals surface area contributed by atoms with Crippen molar-refractivity contribution in [3.8, 4) is 11.5 Å². The molecule has 0 aromatic heterocycles. The van der Waals surface area contributed by atoms with Gasteiger partial charge in [0.2, 0.25) is 0 Å². The van der Waals surface area contributed by atoms with Gasteiger partial charge >= 0.3 is 0 Å². The Balaban J connectivity index is 1.86. The molecule has 0 radical (unpaired) electrons. The maximum atomic E-state index is 10.4. The lowest BCUT2D eigenvalue weighted by Crippen LogP contribution is -2.41. The molecule has 4 nitrogen and oxygen atoms in total. The molecule has 3 N–H and O–H groups in total. The first-order chi connectivity index (χ1) is 9.19. The molecule has 106 valence electrons. The van der Waals surface area contributed by atoms with Crippen LogP contribution in [0.1, 0.15) is 25.7 Å². The van der Waals surface area contributed by atoms with E-state index in [1.807, 2.05) is 24.3 Å². The summed E-state index contributed by atoms with van der Waals surface area (Å²) in [5.74, 6) is 1.73. The predicted molar refractivity (Wildman–Crippen MR) is 74.5 cm³/mol. The van der Waals surface area contributed by atoms with Gasteiger partial charge in [-0.1, -0.05) is 18.6 Å². The summed E-state index contributed by atoms with van der Waals surface area (Å²) in [6, 6.07) is 7.60. The molecular formula is C15H23NO3. The van der Waals surface area contributed by atoms with Crippen LogP contribution in [0.15, 0.2) is 24.3 Å². The number of nitrogens with two attached hydrogens (primary N) is 1. The maximum absolute atomic E-state index is 10.4. The third kappa shape index (κ3) is 3.19. The van der Waals surface area contributed by atoms with Crippen LogP contribution in [0.2, 0.25) is 0 Å². The van der Waals surface area contributed by atoms with E-state index in [4.69, 9.17) is 15.2 Å². The highest BCUT2D eigenvalue weighted by molar-refractivity contribution is 5.39. The summed E-state index contributed by atoms with van der Waals surface area (Å²) >= 11 is 0. The van der Waals surface area contributed by atoms with Gasteiger partial charge < -0.3 is 20.3 Å². The average Bonchev–Trinajstić information content (AvgIpc) is 2.81. The van der Waals surface area contributed by atoms with Gasteiger partial charge in [0.1, 0.15) is 0 Å². The smallest absolute Gasteiger partial charge is 0.161 e. The molecule has 1 fully saturated rings. The van der Waals surface area contributed by atoms with Gasteiger partial charge in [0.15, 0.2) is 11.5 Å². The molecule has 4 heteroatoms. The molecule has 2 atom stereocenters. The SMILES string of the molecule is COc1ccccc1OCCC1CCCC1(O)CN. The number of hydrogen-bond acceptors (Lipinski definition) is 4. The topological polar surface area (TPSA) is 64.7 Å². The Bertz CT molecular complexity index is 410. The summed E-state index contributed by atoms with van der Waals surface area (Å²) in [4.78, 5) is 0. The van der Waals surface area contributed by atoms with Crippen molar-refractivity contribution >= 4 is 0 Å². The van der Waals surface area contributed by atoms with Crippen LogP contribution in [0.4, 0.5) is 0 Å². The van der Waals surface area contributed by atoms with E-state index < -0.39 is 5.60 Å². The minimum atomic E-state index is -0.690. The summed E-state index contributed by atoms with van der Waals surface area (Å²) in [6.07, 6.45) is 3.71. The summed E-state index contributed by atoms with van der Waals surface area (Å²) in [7, 11) is 1.63. The lowest BCUT2D eigenvalue weighted by Gasteiger charge is -2.28. The minimum Gasteiger partial charge on any atom is -0.493 e. The number of ether oxygens (including phenoxy) is 2. The first-order valence-electron chi connectivity index (χ1n) is 6.88. The van der Waals surface area contributed by atoms with Crippen molar-refractivity contribution in [1.82, 2.24) is 0 Å². The Labute approximate surface area is 114 Å². The van der Waals surface area contributed by atoms with E-state index in [0.717, 1.165) is 37.2 Å². The van der Waals surface area contributed by atoms with Crippen LogP contribution in [-0.2, 0) is 0 Å². The van der Waals surface area contributed by atoms with Crippen LogP contribution >= 0.6 is 0 Å². The lowest BCUT2D eigenvalue weighted by molar-refractivity contribution is 0.00347. The predicted octanol–water partition coefficient (Wildman–Crippen LogP) is 1.95. The zero-order valence-electron chi connectivity index (χ0n) is 11.5. The fraction of sp³-hybridized carbons (Fsp3) is 0.600. The molecule has 0 bridgehead atoms. The zero-order chi connectivity index (χ0) is 13.7. The van der Waals surface area contributed by atoms with Gasteiger partial charge in [0.25, 0.3) is 0 Å². The van der Waals surface area contributed by atoms with E-state index in [1.54, 1.807) is 7.11 Å². The molecule has 0 spiro atoms. The number of rotatable bonds is 6. The molecular weight excluding hydrogens is 242 g/mol. The normalized spacial score (nSPS) is 26.4. The third-order valence-electron chi connectivity index (χ3n) is 4.07. The zero-order valence-corrected chi connectivity index (χ0v) is 11.5. The second-order valence-electron chi connectivity index (χ2n) is 5.18. The molecule has 1 aliphatic carbocycles. The van der Waals surface area contributed by atoms with Gasteiger partial charge in [-0.3, -0.25) is 0 Å². The van der Waals surface area contributed by atoms with Crippen molar-refractivity contribution in [3.63, 3.8) is 0 Å². The van der Waals surface area contributed by atoms with Crippen molar-refractivity contribution in [3.05, 3.63) is 24.3 Å².